The molecule has 2 atom stereocenters. The molecule has 2 fully saturated rings. The van der Waals surface area contributed by atoms with Crippen LogP contribution < -0.4 is 0 Å². The first-order chi connectivity index (χ1) is 11.6. The zero-order valence-corrected chi connectivity index (χ0v) is 13.3. The van der Waals surface area contributed by atoms with Gasteiger partial charge in [0.25, 0.3) is 5.91 Å². The van der Waals surface area contributed by atoms with Gasteiger partial charge < -0.3 is 4.90 Å². The van der Waals surface area contributed by atoms with E-state index in [-0.39, 0.29) is 29.4 Å². The van der Waals surface area contributed by atoms with Gasteiger partial charge in [0.1, 0.15) is 11.6 Å². The van der Waals surface area contributed by atoms with Crippen LogP contribution >= 0.6 is 0 Å². The minimum atomic E-state index is -0.456. The Morgan fingerprint density at radius 2 is 1.54 bits per heavy atom. The molecule has 2 aromatic rings. The van der Waals surface area contributed by atoms with Gasteiger partial charge in [-0.15, -0.1) is 0 Å². The van der Waals surface area contributed by atoms with Crippen molar-refractivity contribution in [3.8, 4) is 0 Å². The largest absolute Gasteiger partial charge is 0.333 e. The van der Waals surface area contributed by atoms with E-state index < -0.39 is 5.82 Å². The van der Waals surface area contributed by atoms with Crippen LogP contribution in [0.4, 0.5) is 8.78 Å². The number of carbonyl (C=O) groups excluding carboxylic acids is 1. The van der Waals surface area contributed by atoms with Gasteiger partial charge in [-0.05, 0) is 61.4 Å². The van der Waals surface area contributed by atoms with Gasteiger partial charge in [0, 0.05) is 12.1 Å². The van der Waals surface area contributed by atoms with Crippen LogP contribution in [0.25, 0.3) is 0 Å². The molecule has 124 valence electrons. The predicted molar refractivity (Wildman–Crippen MR) is 87.8 cm³/mol. The summed E-state index contributed by atoms with van der Waals surface area (Å²) in [5, 5.41) is 0. The molecule has 2 aliphatic heterocycles. The summed E-state index contributed by atoms with van der Waals surface area (Å²) in [5.41, 5.74) is 1.29. The zero-order chi connectivity index (χ0) is 16.7. The molecular formula is C20H19F2NO. The van der Waals surface area contributed by atoms with E-state index in [2.05, 4.69) is 0 Å². The lowest BCUT2D eigenvalue weighted by atomic mass is 9.85. The van der Waals surface area contributed by atoms with Gasteiger partial charge in [-0.2, -0.15) is 0 Å². The number of amides is 1. The molecule has 0 aliphatic carbocycles. The van der Waals surface area contributed by atoms with Crippen LogP contribution in [0.5, 0.6) is 0 Å². The van der Waals surface area contributed by atoms with E-state index in [1.54, 1.807) is 18.2 Å². The minimum absolute atomic E-state index is 0.144. The lowest BCUT2D eigenvalue weighted by molar-refractivity contribution is 0.0567. The van der Waals surface area contributed by atoms with Gasteiger partial charge in [0.15, 0.2) is 0 Å². The van der Waals surface area contributed by atoms with Crippen LogP contribution in [0, 0.1) is 11.6 Å². The molecular weight excluding hydrogens is 308 g/mol. The van der Waals surface area contributed by atoms with Crippen LogP contribution in [-0.2, 0) is 0 Å². The summed E-state index contributed by atoms with van der Waals surface area (Å²) in [6.45, 7) is 0. The lowest BCUT2D eigenvalue weighted by Crippen LogP contribution is -2.46. The summed E-state index contributed by atoms with van der Waals surface area (Å²) in [6, 6.07) is 13.1. The fourth-order valence-corrected chi connectivity index (χ4v) is 4.29. The van der Waals surface area contributed by atoms with Crippen molar-refractivity contribution in [1.29, 1.82) is 0 Å². The van der Waals surface area contributed by atoms with E-state index in [9.17, 15) is 13.6 Å². The predicted octanol–water partition coefficient (Wildman–Crippen LogP) is 4.52. The second kappa shape index (κ2) is 6.00. The average Bonchev–Trinajstić information content (AvgIpc) is 2.85. The third kappa shape index (κ3) is 2.60. The third-order valence-electron chi connectivity index (χ3n) is 5.41. The first-order valence-corrected chi connectivity index (χ1v) is 8.46. The van der Waals surface area contributed by atoms with Crippen LogP contribution in [-0.4, -0.2) is 22.9 Å². The molecule has 2 saturated heterocycles. The van der Waals surface area contributed by atoms with Gasteiger partial charge in [-0.25, -0.2) is 8.78 Å². The Labute approximate surface area is 140 Å². The molecule has 4 rings (SSSR count). The monoisotopic (exact) mass is 327 g/mol. The van der Waals surface area contributed by atoms with E-state index in [4.69, 9.17) is 0 Å². The number of fused-ring (bicyclic) bond motifs is 2. The Morgan fingerprint density at radius 1 is 0.917 bits per heavy atom. The molecule has 24 heavy (non-hydrogen) atoms. The van der Waals surface area contributed by atoms with Crippen molar-refractivity contribution in [2.24, 2.45) is 0 Å². The van der Waals surface area contributed by atoms with E-state index in [1.165, 1.54) is 18.2 Å². The van der Waals surface area contributed by atoms with Crippen molar-refractivity contribution in [1.82, 2.24) is 4.90 Å². The summed E-state index contributed by atoms with van der Waals surface area (Å²) in [4.78, 5) is 14.7. The van der Waals surface area contributed by atoms with Gasteiger partial charge in [0.2, 0.25) is 0 Å². The second-order valence-corrected chi connectivity index (χ2v) is 6.80. The maximum absolute atomic E-state index is 14.0. The number of halogens is 2. The van der Waals surface area contributed by atoms with Crippen molar-refractivity contribution in [3.05, 3.63) is 71.3 Å². The molecule has 0 N–H and O–H groups in total. The summed E-state index contributed by atoms with van der Waals surface area (Å²) in [7, 11) is 0. The first kappa shape index (κ1) is 15.3. The quantitative estimate of drug-likeness (QED) is 0.794. The standard InChI is InChI=1S/C20H19F2NO/c21-15-7-5-13(6-8-15)14-11-16-9-10-17(12-14)23(16)20(24)18-3-1-2-4-19(18)22/h1-8,14,16-17H,9-12H2. The molecule has 2 aromatic carbocycles. The van der Waals surface area contributed by atoms with E-state index in [0.717, 1.165) is 31.2 Å². The maximum Gasteiger partial charge on any atom is 0.257 e. The highest BCUT2D eigenvalue weighted by atomic mass is 19.1. The van der Waals surface area contributed by atoms with Crippen molar-refractivity contribution in [2.45, 2.75) is 43.7 Å². The van der Waals surface area contributed by atoms with Crippen LogP contribution in [0.1, 0.15) is 47.5 Å². The van der Waals surface area contributed by atoms with Gasteiger partial charge in [-0.3, -0.25) is 4.79 Å². The number of carbonyl (C=O) groups is 1. The first-order valence-electron chi connectivity index (χ1n) is 8.46. The SMILES string of the molecule is O=C(c1ccccc1F)N1C2CCC1CC(c1ccc(F)cc1)C2. The van der Waals surface area contributed by atoms with Crippen molar-refractivity contribution < 1.29 is 13.6 Å². The average molecular weight is 327 g/mol. The summed E-state index contributed by atoms with van der Waals surface area (Å²) >= 11 is 0. The maximum atomic E-state index is 14.0. The molecule has 2 bridgehead atoms. The fraction of sp³-hybridized carbons (Fsp3) is 0.350. The molecule has 4 heteroatoms. The molecule has 0 radical (unpaired) electrons. The molecule has 1 amide bonds. The van der Waals surface area contributed by atoms with Crippen molar-refractivity contribution in [2.75, 3.05) is 0 Å². The zero-order valence-electron chi connectivity index (χ0n) is 13.3. The topological polar surface area (TPSA) is 20.3 Å². The number of benzene rings is 2. The number of rotatable bonds is 2. The molecule has 0 aromatic heterocycles. The highest BCUT2D eigenvalue weighted by Gasteiger charge is 2.44. The Morgan fingerprint density at radius 3 is 2.17 bits per heavy atom. The third-order valence-corrected chi connectivity index (χ3v) is 5.41. The molecule has 0 spiro atoms. The molecule has 0 saturated carbocycles. The number of nitrogens with zero attached hydrogens (tertiary/aromatic N) is 1. The Balaban J connectivity index is 1.56. The van der Waals surface area contributed by atoms with Gasteiger partial charge in [-0.1, -0.05) is 24.3 Å². The molecule has 2 aliphatic rings. The lowest BCUT2D eigenvalue weighted by Gasteiger charge is -2.39. The Kier molecular flexibility index (Phi) is 3.83. The number of hydrogen-bond donors (Lipinski definition) is 0. The number of piperidine rings is 1. The highest BCUT2D eigenvalue weighted by Crippen LogP contribution is 2.43. The van der Waals surface area contributed by atoms with Crippen LogP contribution in [0.3, 0.4) is 0 Å². The Hall–Kier alpha value is -2.23. The second-order valence-electron chi connectivity index (χ2n) is 6.80. The highest BCUT2D eigenvalue weighted by molar-refractivity contribution is 5.95. The van der Waals surface area contributed by atoms with Crippen LogP contribution in [0.2, 0.25) is 0 Å². The van der Waals surface area contributed by atoms with Gasteiger partial charge >= 0.3 is 0 Å². The summed E-state index contributed by atoms with van der Waals surface area (Å²) < 4.78 is 27.1. The van der Waals surface area contributed by atoms with Gasteiger partial charge in [0.05, 0.1) is 5.56 Å². The van der Waals surface area contributed by atoms with E-state index in [0.29, 0.717) is 5.92 Å². The van der Waals surface area contributed by atoms with Crippen LogP contribution in [0.15, 0.2) is 48.5 Å². The fourth-order valence-electron chi connectivity index (χ4n) is 4.29. The van der Waals surface area contributed by atoms with E-state index in [1.807, 2.05) is 17.0 Å². The normalized spacial score (nSPS) is 25.8. The molecule has 2 nitrogen and oxygen atoms in total. The van der Waals surface area contributed by atoms with E-state index >= 15 is 0 Å². The molecule has 2 heterocycles. The summed E-state index contributed by atoms with van der Waals surface area (Å²) in [5.74, 6) is -0.539. The van der Waals surface area contributed by atoms with Crippen molar-refractivity contribution >= 4 is 5.91 Å². The summed E-state index contributed by atoms with van der Waals surface area (Å²) in [6.07, 6.45) is 3.65. The molecule has 2 unspecified atom stereocenters. The minimum Gasteiger partial charge on any atom is -0.333 e. The van der Waals surface area contributed by atoms with Crippen molar-refractivity contribution in [3.63, 3.8) is 0 Å². The Bertz CT molecular complexity index is 744. The smallest absolute Gasteiger partial charge is 0.257 e. The number of hydrogen-bond acceptors (Lipinski definition) is 1.